The minimum Gasteiger partial charge on any atom is -0.293 e. The molecule has 2 nitrogen and oxygen atoms in total. The molecular weight excluding hydrogens is 266 g/mol. The van der Waals surface area contributed by atoms with E-state index < -0.39 is 0 Å². The van der Waals surface area contributed by atoms with Crippen molar-refractivity contribution in [1.82, 2.24) is 4.98 Å². The number of fused-ring (bicyclic) bond motifs is 1. The fraction of sp³-hybridized carbons (Fsp3) is 0.412. The molecule has 0 atom stereocenters. The third-order valence-corrected chi connectivity index (χ3v) is 4.89. The quantitative estimate of drug-likeness (QED) is 0.767. The molecule has 0 bridgehead atoms. The summed E-state index contributed by atoms with van der Waals surface area (Å²) in [5, 5.41) is 0.979. The Morgan fingerprint density at radius 3 is 2.40 bits per heavy atom. The maximum absolute atomic E-state index is 12.3. The van der Waals surface area contributed by atoms with E-state index in [4.69, 9.17) is 4.98 Å². The summed E-state index contributed by atoms with van der Waals surface area (Å²) in [6.45, 7) is 8.48. The van der Waals surface area contributed by atoms with E-state index in [1.807, 2.05) is 0 Å². The van der Waals surface area contributed by atoms with Crippen LogP contribution >= 0.6 is 11.3 Å². The molecule has 0 saturated carbocycles. The minimum absolute atomic E-state index is 0.0396. The zero-order chi connectivity index (χ0) is 14.5. The number of Topliss-reactive ketones (excluding diaryl/α,β-unsaturated/α-hetero) is 1. The van der Waals surface area contributed by atoms with Crippen molar-refractivity contribution >= 4 is 17.1 Å². The number of carbonyl (C=O) groups is 1. The van der Waals surface area contributed by atoms with Gasteiger partial charge in [0.05, 0.1) is 10.6 Å². The number of hydrogen-bond acceptors (Lipinski definition) is 3. The normalized spacial score (nSPS) is 17.1. The van der Waals surface area contributed by atoms with Gasteiger partial charge in [0.2, 0.25) is 0 Å². The van der Waals surface area contributed by atoms with Gasteiger partial charge in [-0.1, -0.05) is 31.0 Å². The van der Waals surface area contributed by atoms with E-state index in [0.717, 1.165) is 27.6 Å². The van der Waals surface area contributed by atoms with Gasteiger partial charge in [0.15, 0.2) is 5.78 Å². The lowest BCUT2D eigenvalue weighted by Crippen LogP contribution is -2.25. The van der Waals surface area contributed by atoms with Crippen LogP contribution in [0.3, 0.4) is 0 Å². The summed E-state index contributed by atoms with van der Waals surface area (Å²) in [4.78, 5) is 17.9. The summed E-state index contributed by atoms with van der Waals surface area (Å²) in [5.41, 5.74) is 4.63. The fourth-order valence-electron chi connectivity index (χ4n) is 2.94. The summed E-state index contributed by atoms with van der Waals surface area (Å²) >= 11 is 1.55. The van der Waals surface area contributed by atoms with Crippen LogP contribution in [0, 0.1) is 19.3 Å². The molecule has 1 aromatic carbocycles. The lowest BCUT2D eigenvalue weighted by atomic mass is 9.78. The molecule has 1 heterocycles. The Morgan fingerprint density at radius 1 is 1.10 bits per heavy atom. The van der Waals surface area contributed by atoms with Gasteiger partial charge in [0.1, 0.15) is 5.01 Å². The van der Waals surface area contributed by atoms with E-state index >= 15 is 0 Å². The molecule has 0 radical (unpaired) electrons. The fourth-order valence-corrected chi connectivity index (χ4v) is 3.95. The van der Waals surface area contributed by atoms with Crippen molar-refractivity contribution in [3.8, 4) is 10.6 Å². The van der Waals surface area contributed by atoms with E-state index in [2.05, 4.69) is 45.9 Å². The molecule has 1 aliphatic rings. The highest BCUT2D eigenvalue weighted by Gasteiger charge is 2.33. The summed E-state index contributed by atoms with van der Waals surface area (Å²) in [6, 6.07) is 6.45. The van der Waals surface area contributed by atoms with Gasteiger partial charge in [-0.25, -0.2) is 4.98 Å². The molecule has 0 N–H and O–H groups in total. The van der Waals surface area contributed by atoms with Crippen LogP contribution in [0.1, 0.15) is 46.8 Å². The van der Waals surface area contributed by atoms with Crippen LogP contribution in [0.15, 0.2) is 18.2 Å². The SMILES string of the molecule is Cc1cc(C)cc(-c2nc3c(s2)C(=O)CC(C)(C)C3)c1. The Labute approximate surface area is 123 Å². The van der Waals surface area contributed by atoms with E-state index in [1.165, 1.54) is 11.1 Å². The molecule has 1 aromatic heterocycles. The maximum atomic E-state index is 12.3. The van der Waals surface area contributed by atoms with Crippen LogP contribution in [-0.4, -0.2) is 10.8 Å². The van der Waals surface area contributed by atoms with E-state index in [1.54, 1.807) is 11.3 Å². The second-order valence-corrected chi connectivity index (χ2v) is 7.61. The topological polar surface area (TPSA) is 30.0 Å². The molecule has 0 spiro atoms. The first-order valence-corrected chi connectivity index (χ1v) is 7.77. The number of ketones is 1. The van der Waals surface area contributed by atoms with E-state index in [9.17, 15) is 4.79 Å². The molecule has 0 saturated heterocycles. The standard InChI is InChI=1S/C17H19NOS/c1-10-5-11(2)7-12(6-10)16-18-13-8-17(3,4)9-14(19)15(13)20-16/h5-7H,8-9H2,1-4H3. The van der Waals surface area contributed by atoms with Gasteiger partial charge in [-0.3, -0.25) is 4.79 Å². The van der Waals surface area contributed by atoms with Crippen molar-refractivity contribution in [2.75, 3.05) is 0 Å². The first kappa shape index (κ1) is 13.5. The Morgan fingerprint density at radius 2 is 1.75 bits per heavy atom. The van der Waals surface area contributed by atoms with Crippen LogP contribution in [0.2, 0.25) is 0 Å². The minimum atomic E-state index is 0.0396. The number of carbonyl (C=O) groups excluding carboxylic acids is 1. The third kappa shape index (κ3) is 2.42. The summed E-state index contributed by atoms with van der Waals surface area (Å²) in [6.07, 6.45) is 1.53. The molecule has 3 heteroatoms. The average molecular weight is 285 g/mol. The number of thiazole rings is 1. The number of aryl methyl sites for hydroxylation is 2. The molecule has 0 fully saturated rings. The highest BCUT2D eigenvalue weighted by Crippen LogP contribution is 2.39. The molecule has 2 aromatic rings. The lowest BCUT2D eigenvalue weighted by molar-refractivity contribution is 0.0916. The average Bonchev–Trinajstić information content (AvgIpc) is 2.69. The van der Waals surface area contributed by atoms with E-state index in [0.29, 0.717) is 6.42 Å². The number of nitrogens with zero attached hydrogens (tertiary/aromatic N) is 1. The number of rotatable bonds is 1. The highest BCUT2D eigenvalue weighted by molar-refractivity contribution is 7.17. The van der Waals surface area contributed by atoms with Gasteiger partial charge in [-0.05, 0) is 37.8 Å². The molecule has 0 unspecified atom stereocenters. The second-order valence-electron chi connectivity index (χ2n) is 6.61. The lowest BCUT2D eigenvalue weighted by Gasteiger charge is -2.26. The largest absolute Gasteiger partial charge is 0.293 e. The number of benzene rings is 1. The van der Waals surface area contributed by atoms with Gasteiger partial charge in [-0.2, -0.15) is 0 Å². The Hall–Kier alpha value is -1.48. The Bertz CT molecular complexity index is 677. The third-order valence-electron chi connectivity index (χ3n) is 3.70. The van der Waals surface area contributed by atoms with Gasteiger partial charge >= 0.3 is 0 Å². The molecule has 3 rings (SSSR count). The molecule has 0 aliphatic heterocycles. The molecule has 104 valence electrons. The van der Waals surface area contributed by atoms with E-state index in [-0.39, 0.29) is 11.2 Å². The van der Waals surface area contributed by atoms with Crippen molar-refractivity contribution in [3.05, 3.63) is 39.9 Å². The molecular formula is C17H19NOS. The Balaban J connectivity index is 2.08. The first-order valence-electron chi connectivity index (χ1n) is 6.96. The van der Waals surface area contributed by atoms with Crippen LogP contribution in [0.25, 0.3) is 10.6 Å². The predicted octanol–water partition coefficient (Wildman–Crippen LogP) is 4.58. The van der Waals surface area contributed by atoms with Crippen LogP contribution < -0.4 is 0 Å². The van der Waals surface area contributed by atoms with Crippen LogP contribution in [0.5, 0.6) is 0 Å². The van der Waals surface area contributed by atoms with Crippen molar-refractivity contribution in [2.45, 2.75) is 40.5 Å². The second kappa shape index (κ2) is 4.52. The summed E-state index contributed by atoms with van der Waals surface area (Å²) < 4.78 is 0. The number of hydrogen-bond donors (Lipinski definition) is 0. The molecule has 0 amide bonds. The predicted molar refractivity (Wildman–Crippen MR) is 83.5 cm³/mol. The Kier molecular flexibility index (Phi) is 3.05. The van der Waals surface area contributed by atoms with Crippen molar-refractivity contribution in [2.24, 2.45) is 5.41 Å². The first-order chi connectivity index (χ1) is 9.34. The van der Waals surface area contributed by atoms with Crippen molar-refractivity contribution in [3.63, 3.8) is 0 Å². The van der Waals surface area contributed by atoms with Crippen LogP contribution in [0.4, 0.5) is 0 Å². The summed E-state index contributed by atoms with van der Waals surface area (Å²) in [5.74, 6) is 0.254. The van der Waals surface area contributed by atoms with Crippen molar-refractivity contribution in [1.29, 1.82) is 0 Å². The van der Waals surface area contributed by atoms with Crippen LogP contribution in [-0.2, 0) is 6.42 Å². The van der Waals surface area contributed by atoms with Gasteiger partial charge in [-0.15, -0.1) is 11.3 Å². The van der Waals surface area contributed by atoms with Crippen molar-refractivity contribution < 1.29 is 4.79 Å². The molecule has 20 heavy (non-hydrogen) atoms. The smallest absolute Gasteiger partial charge is 0.175 e. The zero-order valence-electron chi connectivity index (χ0n) is 12.4. The highest BCUT2D eigenvalue weighted by atomic mass is 32.1. The van der Waals surface area contributed by atoms with Gasteiger partial charge in [0, 0.05) is 12.0 Å². The zero-order valence-corrected chi connectivity index (χ0v) is 13.2. The van der Waals surface area contributed by atoms with Gasteiger partial charge in [0.25, 0.3) is 0 Å². The monoisotopic (exact) mass is 285 g/mol. The maximum Gasteiger partial charge on any atom is 0.175 e. The summed E-state index contributed by atoms with van der Waals surface area (Å²) in [7, 11) is 0. The molecule has 1 aliphatic carbocycles. The van der Waals surface area contributed by atoms with Gasteiger partial charge < -0.3 is 0 Å². The number of aromatic nitrogens is 1.